The van der Waals surface area contributed by atoms with E-state index >= 15 is 0 Å². The average molecular weight is 352 g/mol. The van der Waals surface area contributed by atoms with Gasteiger partial charge in [-0.25, -0.2) is 0 Å². The summed E-state index contributed by atoms with van der Waals surface area (Å²) in [5.41, 5.74) is 1.58. The van der Waals surface area contributed by atoms with Crippen LogP contribution in [0.15, 0.2) is 28.7 Å². The molecule has 2 fully saturated rings. The summed E-state index contributed by atoms with van der Waals surface area (Å²) in [4.78, 5) is 0. The van der Waals surface area contributed by atoms with E-state index < -0.39 is 0 Å². The van der Waals surface area contributed by atoms with Crippen LogP contribution in [0.25, 0.3) is 0 Å². The molecule has 0 amide bonds. The Morgan fingerprint density at radius 1 is 1.19 bits per heavy atom. The molecule has 1 heterocycles. The van der Waals surface area contributed by atoms with Crippen LogP contribution in [0.1, 0.15) is 63.5 Å². The smallest absolute Gasteiger partial charge is 0.0708 e. The van der Waals surface area contributed by atoms with Crippen molar-refractivity contribution in [3.63, 3.8) is 0 Å². The number of nitrogens with one attached hydrogen (secondary N) is 1. The SMILES string of the molecule is C[C@@H](NCC1CCC2(CCCCC2)O1)c1ccc(Br)cc1. The molecule has 1 spiro atoms. The maximum absolute atomic E-state index is 6.43. The first-order chi connectivity index (χ1) is 10.2. The zero-order chi connectivity index (χ0) is 14.7. The fraction of sp³-hybridized carbons (Fsp3) is 0.667. The molecule has 1 saturated carbocycles. The summed E-state index contributed by atoms with van der Waals surface area (Å²) in [5, 5.41) is 3.64. The second-order valence-electron chi connectivity index (χ2n) is 6.70. The number of halogens is 1. The van der Waals surface area contributed by atoms with Gasteiger partial charge in [0.25, 0.3) is 0 Å². The molecule has 0 bridgehead atoms. The van der Waals surface area contributed by atoms with Crippen LogP contribution in [-0.2, 0) is 4.74 Å². The quantitative estimate of drug-likeness (QED) is 0.825. The van der Waals surface area contributed by atoms with E-state index in [-0.39, 0.29) is 5.60 Å². The zero-order valence-electron chi connectivity index (χ0n) is 12.9. The summed E-state index contributed by atoms with van der Waals surface area (Å²) in [7, 11) is 0. The Morgan fingerprint density at radius 3 is 2.62 bits per heavy atom. The highest BCUT2D eigenvalue weighted by Crippen LogP contribution is 2.41. The van der Waals surface area contributed by atoms with Crippen molar-refractivity contribution in [2.24, 2.45) is 0 Å². The highest BCUT2D eigenvalue weighted by Gasteiger charge is 2.40. The molecule has 3 rings (SSSR count). The van der Waals surface area contributed by atoms with E-state index in [9.17, 15) is 0 Å². The van der Waals surface area contributed by atoms with Crippen LogP contribution in [0.5, 0.6) is 0 Å². The standard InChI is InChI=1S/C18H26BrNO/c1-14(15-5-7-16(19)8-6-15)20-13-17-9-12-18(21-17)10-3-2-4-11-18/h5-8,14,17,20H,2-4,9-13H2,1H3/t14-,17?/m1/s1. The topological polar surface area (TPSA) is 21.3 Å². The molecule has 1 aliphatic heterocycles. The molecule has 2 atom stereocenters. The van der Waals surface area contributed by atoms with E-state index in [0.717, 1.165) is 11.0 Å². The number of rotatable bonds is 4. The third-order valence-electron chi connectivity index (χ3n) is 5.13. The molecule has 2 aliphatic rings. The van der Waals surface area contributed by atoms with E-state index in [4.69, 9.17) is 4.74 Å². The van der Waals surface area contributed by atoms with E-state index in [1.807, 2.05) is 0 Å². The molecule has 1 N–H and O–H groups in total. The number of hydrogen-bond donors (Lipinski definition) is 1. The molecular formula is C18H26BrNO. The molecule has 0 radical (unpaired) electrons. The lowest BCUT2D eigenvalue weighted by Gasteiger charge is -2.33. The van der Waals surface area contributed by atoms with Gasteiger partial charge in [0.05, 0.1) is 11.7 Å². The van der Waals surface area contributed by atoms with Crippen LogP contribution in [0.2, 0.25) is 0 Å². The Balaban J connectivity index is 1.48. The minimum atomic E-state index is 0.242. The van der Waals surface area contributed by atoms with E-state index in [2.05, 4.69) is 52.4 Å². The molecule has 1 aliphatic carbocycles. The minimum Gasteiger partial charge on any atom is -0.370 e. The first kappa shape index (κ1) is 15.5. The Hall–Kier alpha value is -0.380. The molecule has 1 saturated heterocycles. The van der Waals surface area contributed by atoms with Crippen molar-refractivity contribution in [1.82, 2.24) is 5.32 Å². The summed E-state index contributed by atoms with van der Waals surface area (Å²) in [5.74, 6) is 0. The van der Waals surface area contributed by atoms with Gasteiger partial charge >= 0.3 is 0 Å². The molecule has 1 aromatic rings. The number of hydrogen-bond acceptors (Lipinski definition) is 2. The molecule has 1 unspecified atom stereocenters. The van der Waals surface area contributed by atoms with E-state index in [0.29, 0.717) is 12.1 Å². The van der Waals surface area contributed by atoms with Gasteiger partial charge in [0.1, 0.15) is 0 Å². The third kappa shape index (κ3) is 3.88. The highest BCUT2D eigenvalue weighted by molar-refractivity contribution is 9.10. The monoisotopic (exact) mass is 351 g/mol. The van der Waals surface area contributed by atoms with Gasteiger partial charge in [0.2, 0.25) is 0 Å². The van der Waals surface area contributed by atoms with Crippen molar-refractivity contribution in [3.8, 4) is 0 Å². The normalized spacial score (nSPS) is 26.1. The molecular weight excluding hydrogens is 326 g/mol. The zero-order valence-corrected chi connectivity index (χ0v) is 14.5. The molecule has 2 nitrogen and oxygen atoms in total. The van der Waals surface area contributed by atoms with Crippen molar-refractivity contribution >= 4 is 15.9 Å². The van der Waals surface area contributed by atoms with Crippen LogP contribution in [-0.4, -0.2) is 18.2 Å². The number of ether oxygens (including phenoxy) is 1. The van der Waals surface area contributed by atoms with Crippen molar-refractivity contribution in [2.45, 2.75) is 69.6 Å². The van der Waals surface area contributed by atoms with Crippen molar-refractivity contribution in [1.29, 1.82) is 0 Å². The van der Waals surface area contributed by atoms with Crippen LogP contribution in [0, 0.1) is 0 Å². The van der Waals surface area contributed by atoms with Crippen molar-refractivity contribution in [2.75, 3.05) is 6.54 Å². The molecule has 116 valence electrons. The lowest BCUT2D eigenvalue weighted by atomic mass is 9.83. The van der Waals surface area contributed by atoms with Crippen molar-refractivity contribution < 1.29 is 4.74 Å². The maximum atomic E-state index is 6.43. The second kappa shape index (κ2) is 6.80. The van der Waals surface area contributed by atoms with Crippen LogP contribution in [0.3, 0.4) is 0 Å². The van der Waals surface area contributed by atoms with Gasteiger partial charge in [-0.1, -0.05) is 47.3 Å². The fourth-order valence-corrected chi connectivity index (χ4v) is 4.04. The van der Waals surface area contributed by atoms with Gasteiger partial charge in [-0.15, -0.1) is 0 Å². The first-order valence-corrected chi connectivity index (χ1v) is 9.13. The predicted molar refractivity (Wildman–Crippen MR) is 90.5 cm³/mol. The Kier molecular flexibility index (Phi) is 5.03. The third-order valence-corrected chi connectivity index (χ3v) is 5.65. The summed E-state index contributed by atoms with van der Waals surface area (Å²) in [6.07, 6.45) is 9.57. The van der Waals surface area contributed by atoms with Gasteiger partial charge in [-0.3, -0.25) is 0 Å². The predicted octanol–water partition coefficient (Wildman–Crippen LogP) is 4.98. The highest BCUT2D eigenvalue weighted by atomic mass is 79.9. The summed E-state index contributed by atoms with van der Waals surface area (Å²) >= 11 is 3.49. The molecule has 1 aromatic carbocycles. The van der Waals surface area contributed by atoms with E-state index in [1.165, 1.54) is 50.5 Å². The first-order valence-electron chi connectivity index (χ1n) is 8.34. The summed E-state index contributed by atoms with van der Waals surface area (Å²) in [6.45, 7) is 3.20. The Labute approximate surface area is 136 Å². The molecule has 3 heteroatoms. The maximum Gasteiger partial charge on any atom is 0.0708 e. The molecule has 0 aromatic heterocycles. The van der Waals surface area contributed by atoms with Gasteiger partial charge in [0, 0.05) is 17.1 Å². The Morgan fingerprint density at radius 2 is 1.90 bits per heavy atom. The lowest BCUT2D eigenvalue weighted by Crippen LogP contribution is -2.35. The molecule has 21 heavy (non-hydrogen) atoms. The minimum absolute atomic E-state index is 0.242. The largest absolute Gasteiger partial charge is 0.370 e. The van der Waals surface area contributed by atoms with E-state index in [1.54, 1.807) is 0 Å². The summed E-state index contributed by atoms with van der Waals surface area (Å²) in [6, 6.07) is 8.96. The van der Waals surface area contributed by atoms with Gasteiger partial charge in [-0.05, 0) is 50.3 Å². The lowest BCUT2D eigenvalue weighted by molar-refractivity contribution is -0.0628. The van der Waals surface area contributed by atoms with Crippen molar-refractivity contribution in [3.05, 3.63) is 34.3 Å². The number of benzene rings is 1. The summed E-state index contributed by atoms with van der Waals surface area (Å²) < 4.78 is 7.56. The van der Waals surface area contributed by atoms with Crippen LogP contribution in [0.4, 0.5) is 0 Å². The van der Waals surface area contributed by atoms with Crippen LogP contribution >= 0.6 is 15.9 Å². The van der Waals surface area contributed by atoms with Gasteiger partial charge in [-0.2, -0.15) is 0 Å². The second-order valence-corrected chi connectivity index (χ2v) is 7.62. The van der Waals surface area contributed by atoms with Crippen LogP contribution < -0.4 is 5.32 Å². The average Bonchev–Trinajstić information content (AvgIpc) is 2.89. The Bertz CT molecular complexity index is 453. The van der Waals surface area contributed by atoms with Gasteiger partial charge < -0.3 is 10.1 Å². The van der Waals surface area contributed by atoms with Gasteiger partial charge in [0.15, 0.2) is 0 Å². The fourth-order valence-electron chi connectivity index (χ4n) is 3.78.